The van der Waals surface area contributed by atoms with E-state index in [4.69, 9.17) is 11.6 Å². The standard InChI is InChI=1S/C25H25ClFN/c1-18-8-13-24(26)17-23(18)6-4-14-28-19(2)22-11-9-20(10-12-22)15-21-5-3-7-25(27)16-21/h3,5,7-13,16-17,28H,2,4,6,14-15H2,1H3. The zero-order valence-corrected chi connectivity index (χ0v) is 16.9. The molecule has 0 unspecified atom stereocenters. The van der Waals surface area contributed by atoms with Crippen molar-refractivity contribution in [3.63, 3.8) is 0 Å². The third-order valence-electron chi connectivity index (χ3n) is 4.87. The lowest BCUT2D eigenvalue weighted by molar-refractivity contribution is 0.626. The first kappa shape index (κ1) is 20.2. The van der Waals surface area contributed by atoms with Crippen molar-refractivity contribution < 1.29 is 4.39 Å². The van der Waals surface area contributed by atoms with Crippen LogP contribution in [0.25, 0.3) is 5.70 Å². The van der Waals surface area contributed by atoms with Gasteiger partial charge in [-0.05, 0) is 78.3 Å². The molecule has 0 amide bonds. The first-order chi connectivity index (χ1) is 13.5. The second kappa shape index (κ2) is 9.57. The van der Waals surface area contributed by atoms with Crippen LogP contribution in [-0.2, 0) is 12.8 Å². The fraction of sp³-hybridized carbons (Fsp3) is 0.200. The van der Waals surface area contributed by atoms with Gasteiger partial charge in [0.05, 0.1) is 0 Å². The molecule has 0 fully saturated rings. The summed E-state index contributed by atoms with van der Waals surface area (Å²) in [5, 5.41) is 4.19. The molecule has 0 aliphatic carbocycles. The molecule has 0 spiro atoms. The summed E-state index contributed by atoms with van der Waals surface area (Å²) < 4.78 is 13.3. The summed E-state index contributed by atoms with van der Waals surface area (Å²) >= 11 is 6.08. The van der Waals surface area contributed by atoms with E-state index in [-0.39, 0.29) is 5.82 Å². The molecule has 3 aromatic rings. The van der Waals surface area contributed by atoms with Crippen LogP contribution in [0.4, 0.5) is 4.39 Å². The summed E-state index contributed by atoms with van der Waals surface area (Å²) in [6, 6.07) is 21.0. The zero-order chi connectivity index (χ0) is 19.9. The Morgan fingerprint density at radius 1 is 1.00 bits per heavy atom. The highest BCUT2D eigenvalue weighted by Gasteiger charge is 2.03. The van der Waals surface area contributed by atoms with E-state index in [1.807, 2.05) is 18.2 Å². The molecule has 0 radical (unpaired) electrons. The predicted octanol–water partition coefficient (Wildman–Crippen LogP) is 6.57. The number of benzene rings is 3. The lowest BCUT2D eigenvalue weighted by Crippen LogP contribution is -2.13. The molecule has 0 heterocycles. The summed E-state index contributed by atoms with van der Waals surface area (Å²) in [5.41, 5.74) is 6.68. The molecular formula is C25H25ClFN. The maximum Gasteiger partial charge on any atom is 0.123 e. The van der Waals surface area contributed by atoms with Gasteiger partial charge in [-0.2, -0.15) is 0 Å². The van der Waals surface area contributed by atoms with Crippen LogP contribution in [0.2, 0.25) is 5.02 Å². The number of hydrogen-bond acceptors (Lipinski definition) is 1. The van der Waals surface area contributed by atoms with E-state index in [0.29, 0.717) is 0 Å². The minimum Gasteiger partial charge on any atom is -0.385 e. The molecular weight excluding hydrogens is 369 g/mol. The molecule has 1 nitrogen and oxygen atoms in total. The normalized spacial score (nSPS) is 10.7. The average molecular weight is 394 g/mol. The monoisotopic (exact) mass is 393 g/mol. The molecule has 0 aliphatic heterocycles. The zero-order valence-electron chi connectivity index (χ0n) is 16.1. The van der Waals surface area contributed by atoms with E-state index in [9.17, 15) is 4.39 Å². The van der Waals surface area contributed by atoms with Crippen molar-refractivity contribution in [1.82, 2.24) is 5.32 Å². The fourth-order valence-electron chi connectivity index (χ4n) is 3.24. The van der Waals surface area contributed by atoms with Crippen molar-refractivity contribution >= 4 is 17.3 Å². The quantitative estimate of drug-likeness (QED) is 0.426. The van der Waals surface area contributed by atoms with E-state index in [0.717, 1.165) is 53.2 Å². The second-order valence-corrected chi connectivity index (χ2v) is 7.52. The van der Waals surface area contributed by atoms with Gasteiger partial charge in [0.2, 0.25) is 0 Å². The first-order valence-electron chi connectivity index (χ1n) is 9.53. The topological polar surface area (TPSA) is 12.0 Å². The minimum absolute atomic E-state index is 0.195. The van der Waals surface area contributed by atoms with Gasteiger partial charge in [0.15, 0.2) is 0 Å². The number of nitrogens with one attached hydrogen (secondary N) is 1. The molecule has 1 N–H and O–H groups in total. The van der Waals surface area contributed by atoms with Crippen LogP contribution in [0.1, 0.15) is 34.2 Å². The van der Waals surface area contributed by atoms with Crippen molar-refractivity contribution in [2.75, 3.05) is 6.54 Å². The Morgan fingerprint density at radius 2 is 1.79 bits per heavy atom. The summed E-state index contributed by atoms with van der Waals surface area (Å²) in [6.45, 7) is 7.12. The Labute approximate surface area is 171 Å². The van der Waals surface area contributed by atoms with Gasteiger partial charge in [0.1, 0.15) is 5.82 Å². The smallest absolute Gasteiger partial charge is 0.123 e. The molecule has 3 rings (SSSR count). The summed E-state index contributed by atoms with van der Waals surface area (Å²) in [5.74, 6) is -0.195. The van der Waals surface area contributed by atoms with Crippen LogP contribution in [0, 0.1) is 12.7 Å². The van der Waals surface area contributed by atoms with Gasteiger partial charge < -0.3 is 5.32 Å². The Bertz CT molecular complexity index is 947. The summed E-state index contributed by atoms with van der Waals surface area (Å²) in [7, 11) is 0. The number of aryl methyl sites for hydroxylation is 2. The molecule has 0 aliphatic rings. The van der Waals surface area contributed by atoms with E-state index in [1.54, 1.807) is 12.1 Å². The molecule has 0 aromatic heterocycles. The van der Waals surface area contributed by atoms with Gasteiger partial charge in [0.25, 0.3) is 0 Å². The Balaban J connectivity index is 1.48. The fourth-order valence-corrected chi connectivity index (χ4v) is 3.43. The molecule has 0 saturated heterocycles. The third kappa shape index (κ3) is 5.71. The highest BCUT2D eigenvalue weighted by atomic mass is 35.5. The second-order valence-electron chi connectivity index (χ2n) is 7.08. The van der Waals surface area contributed by atoms with Crippen molar-refractivity contribution in [2.24, 2.45) is 0 Å². The van der Waals surface area contributed by atoms with E-state index >= 15 is 0 Å². The van der Waals surface area contributed by atoms with Gasteiger partial charge in [-0.25, -0.2) is 4.39 Å². The molecule has 3 aromatic carbocycles. The predicted molar refractivity (Wildman–Crippen MR) is 117 cm³/mol. The number of hydrogen-bond donors (Lipinski definition) is 1. The highest BCUT2D eigenvalue weighted by molar-refractivity contribution is 6.30. The largest absolute Gasteiger partial charge is 0.385 e. The van der Waals surface area contributed by atoms with Gasteiger partial charge >= 0.3 is 0 Å². The molecule has 3 heteroatoms. The Hall–Kier alpha value is -2.58. The Morgan fingerprint density at radius 3 is 2.54 bits per heavy atom. The van der Waals surface area contributed by atoms with E-state index < -0.39 is 0 Å². The van der Waals surface area contributed by atoms with E-state index in [2.05, 4.69) is 49.2 Å². The van der Waals surface area contributed by atoms with Crippen LogP contribution < -0.4 is 5.32 Å². The molecule has 0 saturated carbocycles. The molecule has 0 atom stereocenters. The van der Waals surface area contributed by atoms with Crippen molar-refractivity contribution in [2.45, 2.75) is 26.2 Å². The van der Waals surface area contributed by atoms with Crippen LogP contribution in [0.15, 0.2) is 73.3 Å². The van der Waals surface area contributed by atoms with Gasteiger partial charge in [-0.15, -0.1) is 0 Å². The minimum atomic E-state index is -0.195. The van der Waals surface area contributed by atoms with Crippen molar-refractivity contribution in [1.29, 1.82) is 0 Å². The maximum absolute atomic E-state index is 13.3. The van der Waals surface area contributed by atoms with Crippen molar-refractivity contribution in [3.8, 4) is 0 Å². The lowest BCUT2D eigenvalue weighted by atomic mass is 10.0. The lowest BCUT2D eigenvalue weighted by Gasteiger charge is -2.12. The van der Waals surface area contributed by atoms with Gasteiger partial charge in [0, 0.05) is 17.3 Å². The van der Waals surface area contributed by atoms with Crippen molar-refractivity contribution in [3.05, 3.63) is 112 Å². The van der Waals surface area contributed by atoms with Crippen LogP contribution in [-0.4, -0.2) is 6.54 Å². The highest BCUT2D eigenvalue weighted by Crippen LogP contribution is 2.18. The SMILES string of the molecule is C=C(NCCCc1cc(Cl)ccc1C)c1ccc(Cc2cccc(F)c2)cc1. The van der Waals surface area contributed by atoms with Gasteiger partial charge in [-0.3, -0.25) is 0 Å². The Kier molecular flexibility index (Phi) is 6.89. The first-order valence-corrected chi connectivity index (χ1v) is 9.90. The number of halogens is 2. The maximum atomic E-state index is 13.3. The molecule has 28 heavy (non-hydrogen) atoms. The molecule has 144 valence electrons. The van der Waals surface area contributed by atoms with Crippen LogP contribution >= 0.6 is 11.6 Å². The summed E-state index contributed by atoms with van der Waals surface area (Å²) in [6.07, 6.45) is 2.72. The molecule has 0 bridgehead atoms. The number of rotatable bonds is 8. The third-order valence-corrected chi connectivity index (χ3v) is 5.11. The average Bonchev–Trinajstić information content (AvgIpc) is 2.68. The van der Waals surface area contributed by atoms with E-state index in [1.165, 1.54) is 17.2 Å². The van der Waals surface area contributed by atoms with Crippen LogP contribution in [0.5, 0.6) is 0 Å². The van der Waals surface area contributed by atoms with Gasteiger partial charge in [-0.1, -0.05) is 60.6 Å². The summed E-state index contributed by atoms with van der Waals surface area (Å²) in [4.78, 5) is 0. The van der Waals surface area contributed by atoms with Crippen LogP contribution in [0.3, 0.4) is 0 Å².